The summed E-state index contributed by atoms with van der Waals surface area (Å²) in [6, 6.07) is 9.35. The van der Waals surface area contributed by atoms with Crippen molar-refractivity contribution in [3.8, 4) is 0 Å². The summed E-state index contributed by atoms with van der Waals surface area (Å²) >= 11 is 0. The molecule has 20 heavy (non-hydrogen) atoms. The van der Waals surface area contributed by atoms with Crippen LogP contribution in [0.1, 0.15) is 37.8 Å². The van der Waals surface area contributed by atoms with Crippen molar-refractivity contribution in [2.24, 2.45) is 0 Å². The van der Waals surface area contributed by atoms with Crippen molar-refractivity contribution in [1.29, 1.82) is 0 Å². The molecule has 0 unspecified atom stereocenters. The van der Waals surface area contributed by atoms with E-state index in [-0.39, 0.29) is 0 Å². The zero-order chi connectivity index (χ0) is 14.2. The van der Waals surface area contributed by atoms with Crippen molar-refractivity contribution in [3.63, 3.8) is 0 Å². The molecule has 0 aromatic heterocycles. The average Bonchev–Trinajstić information content (AvgIpc) is 2.47. The van der Waals surface area contributed by atoms with Gasteiger partial charge in [0, 0.05) is 19.3 Å². The Morgan fingerprint density at radius 3 is 2.45 bits per heavy atom. The van der Waals surface area contributed by atoms with Crippen molar-refractivity contribution in [2.45, 2.75) is 51.9 Å². The monoisotopic (exact) mass is 277 g/mol. The van der Waals surface area contributed by atoms with Crippen LogP contribution < -0.4 is 5.32 Å². The second-order valence-corrected chi connectivity index (χ2v) is 5.80. The third-order valence-electron chi connectivity index (χ3n) is 3.64. The zero-order valence-corrected chi connectivity index (χ0v) is 12.7. The van der Waals surface area contributed by atoms with Crippen LogP contribution in [0, 0.1) is 0 Å². The third kappa shape index (κ3) is 5.61. The van der Waals surface area contributed by atoms with Crippen molar-refractivity contribution >= 4 is 0 Å². The van der Waals surface area contributed by atoms with Gasteiger partial charge in [-0.2, -0.15) is 0 Å². The highest BCUT2D eigenvalue weighted by Gasteiger charge is 2.13. The molecule has 1 heterocycles. The van der Waals surface area contributed by atoms with Crippen LogP contribution in [0.15, 0.2) is 24.3 Å². The maximum Gasteiger partial charge on any atom is 0.0720 e. The summed E-state index contributed by atoms with van der Waals surface area (Å²) in [5.74, 6) is 0. The fourth-order valence-electron chi connectivity index (χ4n) is 2.36. The molecule has 112 valence electrons. The van der Waals surface area contributed by atoms with Gasteiger partial charge < -0.3 is 14.8 Å². The van der Waals surface area contributed by atoms with Crippen LogP contribution >= 0.6 is 0 Å². The van der Waals surface area contributed by atoms with Crippen molar-refractivity contribution in [2.75, 3.05) is 19.8 Å². The molecule has 3 nitrogen and oxygen atoms in total. The molecule has 0 amide bonds. The third-order valence-corrected chi connectivity index (χ3v) is 3.64. The van der Waals surface area contributed by atoms with E-state index in [0.717, 1.165) is 45.6 Å². The smallest absolute Gasteiger partial charge is 0.0720 e. The topological polar surface area (TPSA) is 30.5 Å². The first kappa shape index (κ1) is 15.5. The first-order chi connectivity index (χ1) is 9.74. The summed E-state index contributed by atoms with van der Waals surface area (Å²) < 4.78 is 11.3. The lowest BCUT2D eigenvalue weighted by molar-refractivity contribution is -0.0390. The predicted octanol–water partition coefficient (Wildman–Crippen LogP) is 2.92. The second-order valence-electron chi connectivity index (χ2n) is 5.80. The number of nitrogens with one attached hydrogen (secondary N) is 1. The van der Waals surface area contributed by atoms with Crippen LogP contribution in [0.4, 0.5) is 0 Å². The Hall–Kier alpha value is -0.900. The minimum atomic E-state index is 0.374. The Bertz CT molecular complexity index is 369. The standard InChI is InChI=1S/C17H27NO2/c1-14(2)18-10-7-15-3-5-16(6-4-15)13-20-17-8-11-19-12-9-17/h3-6,14,17-18H,7-13H2,1-2H3. The van der Waals surface area contributed by atoms with Gasteiger partial charge in [-0.3, -0.25) is 0 Å². The summed E-state index contributed by atoms with van der Waals surface area (Å²) in [7, 11) is 0. The van der Waals surface area contributed by atoms with Gasteiger partial charge in [0.25, 0.3) is 0 Å². The molecular formula is C17H27NO2. The molecule has 1 aliphatic rings. The quantitative estimate of drug-likeness (QED) is 0.831. The van der Waals surface area contributed by atoms with Gasteiger partial charge in [-0.25, -0.2) is 0 Å². The Morgan fingerprint density at radius 1 is 1.15 bits per heavy atom. The van der Waals surface area contributed by atoms with E-state index in [9.17, 15) is 0 Å². The fraction of sp³-hybridized carbons (Fsp3) is 0.647. The summed E-state index contributed by atoms with van der Waals surface area (Å²) in [6.45, 7) is 7.79. The lowest BCUT2D eigenvalue weighted by Crippen LogP contribution is -2.24. The fourth-order valence-corrected chi connectivity index (χ4v) is 2.36. The van der Waals surface area contributed by atoms with Gasteiger partial charge in [0.1, 0.15) is 0 Å². The van der Waals surface area contributed by atoms with Crippen LogP contribution in [-0.2, 0) is 22.5 Å². The maximum absolute atomic E-state index is 5.93. The molecule has 2 rings (SSSR count). The number of ether oxygens (including phenoxy) is 2. The molecule has 1 aromatic rings. The molecule has 0 saturated carbocycles. The highest BCUT2D eigenvalue weighted by Crippen LogP contribution is 2.14. The van der Waals surface area contributed by atoms with Gasteiger partial charge in [-0.05, 0) is 36.9 Å². The molecule has 1 N–H and O–H groups in total. The van der Waals surface area contributed by atoms with E-state index < -0.39 is 0 Å². The lowest BCUT2D eigenvalue weighted by Gasteiger charge is -2.22. The van der Waals surface area contributed by atoms with Gasteiger partial charge in [0.05, 0.1) is 12.7 Å². The van der Waals surface area contributed by atoms with Crippen molar-refractivity contribution < 1.29 is 9.47 Å². The summed E-state index contributed by atoms with van der Waals surface area (Å²) in [5, 5.41) is 3.44. The van der Waals surface area contributed by atoms with Crippen molar-refractivity contribution in [3.05, 3.63) is 35.4 Å². The van der Waals surface area contributed by atoms with Gasteiger partial charge >= 0.3 is 0 Å². The van der Waals surface area contributed by atoms with E-state index in [1.807, 2.05) is 0 Å². The predicted molar refractivity (Wildman–Crippen MR) is 81.9 cm³/mol. The van der Waals surface area contributed by atoms with E-state index in [1.54, 1.807) is 0 Å². The molecule has 0 bridgehead atoms. The summed E-state index contributed by atoms with van der Waals surface area (Å²) in [4.78, 5) is 0. The Morgan fingerprint density at radius 2 is 1.80 bits per heavy atom. The van der Waals surface area contributed by atoms with Crippen LogP contribution in [0.2, 0.25) is 0 Å². The minimum absolute atomic E-state index is 0.374. The normalized spacial score (nSPS) is 16.8. The number of benzene rings is 1. The molecule has 3 heteroatoms. The SMILES string of the molecule is CC(C)NCCc1ccc(COC2CCOCC2)cc1. The highest BCUT2D eigenvalue weighted by atomic mass is 16.5. The number of rotatable bonds is 7. The van der Waals surface area contributed by atoms with Crippen LogP contribution in [-0.4, -0.2) is 31.9 Å². The maximum atomic E-state index is 5.93. The molecule has 1 saturated heterocycles. The summed E-state index contributed by atoms with van der Waals surface area (Å²) in [6.07, 6.45) is 3.51. The highest BCUT2D eigenvalue weighted by molar-refractivity contribution is 5.22. The Balaban J connectivity index is 1.70. The number of hydrogen-bond acceptors (Lipinski definition) is 3. The van der Waals surface area contributed by atoms with Gasteiger partial charge in [0.15, 0.2) is 0 Å². The number of hydrogen-bond donors (Lipinski definition) is 1. The molecule has 0 aliphatic carbocycles. The Kier molecular flexibility index (Phi) is 6.51. The van der Waals surface area contributed by atoms with E-state index in [0.29, 0.717) is 12.1 Å². The minimum Gasteiger partial charge on any atom is -0.381 e. The van der Waals surface area contributed by atoms with Crippen LogP contribution in [0.3, 0.4) is 0 Å². The first-order valence-corrected chi connectivity index (χ1v) is 7.74. The molecule has 0 spiro atoms. The molecule has 1 aromatic carbocycles. The van der Waals surface area contributed by atoms with Crippen LogP contribution in [0.25, 0.3) is 0 Å². The second kappa shape index (κ2) is 8.40. The Labute approximate surface area is 122 Å². The van der Waals surface area contributed by atoms with E-state index in [2.05, 4.69) is 43.4 Å². The van der Waals surface area contributed by atoms with Crippen LogP contribution in [0.5, 0.6) is 0 Å². The molecule has 0 atom stereocenters. The lowest BCUT2D eigenvalue weighted by atomic mass is 10.1. The molecule has 1 fully saturated rings. The molecule has 0 radical (unpaired) electrons. The van der Waals surface area contributed by atoms with Crippen molar-refractivity contribution in [1.82, 2.24) is 5.32 Å². The van der Waals surface area contributed by atoms with E-state index >= 15 is 0 Å². The summed E-state index contributed by atoms with van der Waals surface area (Å²) in [5.41, 5.74) is 2.64. The largest absolute Gasteiger partial charge is 0.381 e. The van der Waals surface area contributed by atoms with Gasteiger partial charge in [-0.15, -0.1) is 0 Å². The molecular weight excluding hydrogens is 250 g/mol. The average molecular weight is 277 g/mol. The zero-order valence-electron chi connectivity index (χ0n) is 12.7. The molecule has 1 aliphatic heterocycles. The van der Waals surface area contributed by atoms with Gasteiger partial charge in [-0.1, -0.05) is 38.1 Å². The van der Waals surface area contributed by atoms with Gasteiger partial charge in [0.2, 0.25) is 0 Å². The van der Waals surface area contributed by atoms with E-state index in [4.69, 9.17) is 9.47 Å². The van der Waals surface area contributed by atoms with E-state index in [1.165, 1.54) is 11.1 Å². The first-order valence-electron chi connectivity index (χ1n) is 7.74.